The Morgan fingerprint density at radius 1 is 1.29 bits per heavy atom. The van der Waals surface area contributed by atoms with Crippen molar-refractivity contribution < 1.29 is 9.18 Å². The molecule has 0 aliphatic carbocycles. The van der Waals surface area contributed by atoms with Crippen molar-refractivity contribution in [2.45, 2.75) is 13.3 Å². The fourth-order valence-corrected chi connectivity index (χ4v) is 2.47. The van der Waals surface area contributed by atoms with Gasteiger partial charge < -0.3 is 10.6 Å². The molecule has 0 radical (unpaired) electrons. The Morgan fingerprint density at radius 2 is 1.90 bits per heavy atom. The molecule has 0 bridgehead atoms. The van der Waals surface area contributed by atoms with Gasteiger partial charge in [0.15, 0.2) is 0 Å². The zero-order valence-corrected chi connectivity index (χ0v) is 13.4. The minimum absolute atomic E-state index is 0.0451. The molecule has 0 aliphatic heterocycles. The van der Waals surface area contributed by atoms with Crippen LogP contribution in [-0.2, 0) is 6.42 Å². The van der Waals surface area contributed by atoms with Gasteiger partial charge in [0.1, 0.15) is 5.82 Å². The Balaban J connectivity index is 2.32. The average Bonchev–Trinajstić information content (AvgIpc) is 2.49. The summed E-state index contributed by atoms with van der Waals surface area (Å²) in [7, 11) is 1.68. The van der Waals surface area contributed by atoms with E-state index < -0.39 is 5.82 Å². The Labute approximate surface area is 131 Å². The van der Waals surface area contributed by atoms with Crippen LogP contribution in [0.4, 0.5) is 15.8 Å². The smallest absolute Gasteiger partial charge is 0.259 e. The summed E-state index contributed by atoms with van der Waals surface area (Å²) in [5, 5.41) is 0. The third-order valence-electron chi connectivity index (χ3n) is 3.35. The van der Waals surface area contributed by atoms with Crippen LogP contribution in [0.1, 0.15) is 22.8 Å². The molecule has 1 amide bonds. The number of nitrogens with two attached hydrogens (primary N) is 1. The van der Waals surface area contributed by atoms with Crippen molar-refractivity contribution in [3.05, 3.63) is 57.8 Å². The van der Waals surface area contributed by atoms with Gasteiger partial charge in [0.05, 0.1) is 11.3 Å². The van der Waals surface area contributed by atoms with Crippen LogP contribution in [0.5, 0.6) is 0 Å². The van der Waals surface area contributed by atoms with Crippen LogP contribution >= 0.6 is 15.9 Å². The number of carbonyl (C=O) groups excluding carboxylic acids is 1. The fraction of sp³-hybridized carbons (Fsp3) is 0.188. The normalized spacial score (nSPS) is 10.5. The van der Waals surface area contributed by atoms with Crippen LogP contribution in [0.15, 0.2) is 40.9 Å². The van der Waals surface area contributed by atoms with Crippen LogP contribution in [0, 0.1) is 5.82 Å². The average molecular weight is 351 g/mol. The highest BCUT2D eigenvalue weighted by Crippen LogP contribution is 2.25. The SMILES string of the molecule is CCc1ccc(N(C)C(=O)c2cc(N)c(F)cc2Br)cc1. The van der Waals surface area contributed by atoms with Crippen molar-refractivity contribution in [1.29, 1.82) is 0 Å². The van der Waals surface area contributed by atoms with Gasteiger partial charge in [-0.25, -0.2) is 4.39 Å². The first-order chi connectivity index (χ1) is 9.93. The van der Waals surface area contributed by atoms with E-state index >= 15 is 0 Å². The summed E-state index contributed by atoms with van der Waals surface area (Å²) in [6.45, 7) is 2.07. The second-order valence-corrected chi connectivity index (χ2v) is 5.59. The minimum Gasteiger partial charge on any atom is -0.396 e. The van der Waals surface area contributed by atoms with E-state index in [0.29, 0.717) is 10.0 Å². The summed E-state index contributed by atoms with van der Waals surface area (Å²) in [5.74, 6) is -0.800. The van der Waals surface area contributed by atoms with E-state index in [4.69, 9.17) is 5.73 Å². The Kier molecular flexibility index (Phi) is 4.63. The largest absolute Gasteiger partial charge is 0.396 e. The zero-order chi connectivity index (χ0) is 15.6. The van der Waals surface area contributed by atoms with E-state index in [-0.39, 0.29) is 11.6 Å². The summed E-state index contributed by atoms with van der Waals surface area (Å²) in [4.78, 5) is 14.0. The summed E-state index contributed by atoms with van der Waals surface area (Å²) in [6, 6.07) is 10.3. The first-order valence-electron chi connectivity index (χ1n) is 6.55. The number of benzene rings is 2. The van der Waals surface area contributed by atoms with Gasteiger partial charge in [-0.15, -0.1) is 0 Å². The van der Waals surface area contributed by atoms with Crippen LogP contribution < -0.4 is 10.6 Å². The van der Waals surface area contributed by atoms with E-state index in [9.17, 15) is 9.18 Å². The summed E-state index contributed by atoms with van der Waals surface area (Å²) in [6.07, 6.45) is 0.942. The molecule has 0 fully saturated rings. The molecule has 0 aromatic heterocycles. The van der Waals surface area contributed by atoms with Crippen molar-refractivity contribution in [3.63, 3.8) is 0 Å². The molecule has 5 heteroatoms. The van der Waals surface area contributed by atoms with Crippen molar-refractivity contribution in [1.82, 2.24) is 0 Å². The highest BCUT2D eigenvalue weighted by molar-refractivity contribution is 9.10. The Hall–Kier alpha value is -1.88. The van der Waals surface area contributed by atoms with Gasteiger partial charge in [-0.1, -0.05) is 19.1 Å². The summed E-state index contributed by atoms with van der Waals surface area (Å²) >= 11 is 3.20. The maximum atomic E-state index is 13.4. The predicted molar refractivity (Wildman–Crippen MR) is 87.1 cm³/mol. The molecule has 0 saturated carbocycles. The molecule has 0 spiro atoms. The van der Waals surface area contributed by atoms with Gasteiger partial charge in [-0.05, 0) is 52.2 Å². The molecule has 0 saturated heterocycles. The Bertz CT molecular complexity index is 671. The number of hydrogen-bond acceptors (Lipinski definition) is 2. The van der Waals surface area contributed by atoms with E-state index in [1.165, 1.54) is 22.6 Å². The fourth-order valence-electron chi connectivity index (χ4n) is 1.98. The molecule has 2 N–H and O–H groups in total. The molecule has 21 heavy (non-hydrogen) atoms. The molecule has 0 heterocycles. The lowest BCUT2D eigenvalue weighted by atomic mass is 10.1. The number of carbonyl (C=O) groups is 1. The van der Waals surface area contributed by atoms with Crippen LogP contribution in [0.2, 0.25) is 0 Å². The Morgan fingerprint density at radius 3 is 2.48 bits per heavy atom. The molecule has 2 aromatic rings. The molecule has 2 rings (SSSR count). The number of anilines is 2. The number of nitrogen functional groups attached to an aromatic ring is 1. The van der Waals surface area contributed by atoms with Gasteiger partial charge in [0.25, 0.3) is 5.91 Å². The molecule has 0 unspecified atom stereocenters. The first kappa shape index (κ1) is 15.5. The van der Waals surface area contributed by atoms with Crippen molar-refractivity contribution in [2.24, 2.45) is 0 Å². The van der Waals surface area contributed by atoms with Gasteiger partial charge in [0.2, 0.25) is 0 Å². The lowest BCUT2D eigenvalue weighted by Crippen LogP contribution is -2.26. The molecule has 0 atom stereocenters. The maximum Gasteiger partial charge on any atom is 0.259 e. The highest BCUT2D eigenvalue weighted by Gasteiger charge is 2.18. The predicted octanol–water partition coefficient (Wildman–Crippen LogP) is 4.01. The third kappa shape index (κ3) is 3.24. The van der Waals surface area contributed by atoms with E-state index in [1.54, 1.807) is 7.05 Å². The van der Waals surface area contributed by atoms with E-state index in [2.05, 4.69) is 22.9 Å². The quantitative estimate of drug-likeness (QED) is 0.850. The number of nitrogens with zero attached hydrogens (tertiary/aromatic N) is 1. The van der Waals surface area contributed by atoms with Gasteiger partial charge in [0, 0.05) is 17.2 Å². The number of aryl methyl sites for hydroxylation is 1. The number of halogens is 2. The molecular formula is C16H16BrFN2O. The van der Waals surface area contributed by atoms with Gasteiger partial charge >= 0.3 is 0 Å². The van der Waals surface area contributed by atoms with Crippen LogP contribution in [0.3, 0.4) is 0 Å². The third-order valence-corrected chi connectivity index (χ3v) is 4.01. The lowest BCUT2D eigenvalue weighted by Gasteiger charge is -2.19. The second-order valence-electron chi connectivity index (χ2n) is 4.74. The number of rotatable bonds is 3. The summed E-state index contributed by atoms with van der Waals surface area (Å²) in [5.41, 5.74) is 7.79. The molecule has 110 valence electrons. The lowest BCUT2D eigenvalue weighted by molar-refractivity contribution is 0.0992. The van der Waals surface area contributed by atoms with Crippen molar-refractivity contribution in [2.75, 3.05) is 17.7 Å². The van der Waals surface area contributed by atoms with Gasteiger partial charge in [-0.3, -0.25) is 4.79 Å². The van der Waals surface area contributed by atoms with Crippen molar-refractivity contribution >= 4 is 33.2 Å². The highest BCUT2D eigenvalue weighted by atomic mass is 79.9. The zero-order valence-electron chi connectivity index (χ0n) is 11.9. The van der Waals surface area contributed by atoms with Gasteiger partial charge in [-0.2, -0.15) is 0 Å². The standard InChI is InChI=1S/C16H16BrFN2O/c1-3-10-4-6-11(7-5-10)20(2)16(21)12-8-15(19)14(18)9-13(12)17/h4-9H,3,19H2,1-2H3. The molecular weight excluding hydrogens is 335 g/mol. The summed E-state index contributed by atoms with van der Waals surface area (Å²) < 4.78 is 13.7. The minimum atomic E-state index is -0.548. The van der Waals surface area contributed by atoms with Crippen molar-refractivity contribution in [3.8, 4) is 0 Å². The van der Waals surface area contributed by atoms with E-state index in [0.717, 1.165) is 12.1 Å². The molecule has 2 aromatic carbocycles. The monoisotopic (exact) mass is 350 g/mol. The number of amides is 1. The maximum absolute atomic E-state index is 13.4. The van der Waals surface area contributed by atoms with Crippen LogP contribution in [-0.4, -0.2) is 13.0 Å². The topological polar surface area (TPSA) is 46.3 Å². The second kappa shape index (κ2) is 6.26. The first-order valence-corrected chi connectivity index (χ1v) is 7.34. The molecule has 0 aliphatic rings. The van der Waals surface area contributed by atoms with E-state index in [1.807, 2.05) is 24.3 Å². The molecule has 3 nitrogen and oxygen atoms in total. The van der Waals surface area contributed by atoms with Crippen LogP contribution in [0.25, 0.3) is 0 Å². The number of hydrogen-bond donors (Lipinski definition) is 1.